The summed E-state index contributed by atoms with van der Waals surface area (Å²) in [6.45, 7) is -0.0315. The average molecular weight is 271 g/mol. The van der Waals surface area contributed by atoms with Crippen molar-refractivity contribution >= 4 is 17.9 Å². The number of carbonyl (C=O) groups is 3. The molecule has 7 heteroatoms. The highest BCUT2D eigenvalue weighted by molar-refractivity contribution is 5.94. The Morgan fingerprint density at radius 3 is 2.32 bits per heavy atom. The minimum atomic E-state index is -0.894. The summed E-state index contributed by atoms with van der Waals surface area (Å²) in [6.07, 6.45) is 4.50. The van der Waals surface area contributed by atoms with Crippen LogP contribution in [0.15, 0.2) is 0 Å². The van der Waals surface area contributed by atoms with Crippen molar-refractivity contribution in [3.05, 3.63) is 0 Å². The van der Waals surface area contributed by atoms with Crippen LogP contribution in [-0.2, 0) is 9.59 Å². The summed E-state index contributed by atoms with van der Waals surface area (Å²) in [4.78, 5) is 34.9. The Hall–Kier alpha value is -1.63. The van der Waals surface area contributed by atoms with E-state index in [1.54, 1.807) is 11.9 Å². The number of rotatable bonds is 5. The molecule has 0 aromatic carbocycles. The van der Waals surface area contributed by atoms with E-state index >= 15 is 0 Å². The first-order chi connectivity index (χ1) is 8.85. The molecule has 1 aliphatic rings. The van der Waals surface area contributed by atoms with Crippen molar-refractivity contribution in [3.63, 3.8) is 0 Å². The zero-order valence-electron chi connectivity index (χ0n) is 11.1. The molecule has 1 saturated carbocycles. The fourth-order valence-corrected chi connectivity index (χ4v) is 2.74. The number of carbonyl (C=O) groups excluding carboxylic acids is 2. The monoisotopic (exact) mass is 271 g/mol. The molecular formula is C12H21N3O4. The van der Waals surface area contributed by atoms with Gasteiger partial charge < -0.3 is 10.8 Å². The maximum absolute atomic E-state index is 11.5. The van der Waals surface area contributed by atoms with Crippen molar-refractivity contribution in [2.75, 3.05) is 13.6 Å². The van der Waals surface area contributed by atoms with E-state index in [0.717, 1.165) is 32.1 Å². The van der Waals surface area contributed by atoms with Crippen LogP contribution in [0.5, 0.6) is 0 Å². The summed E-state index contributed by atoms with van der Waals surface area (Å²) in [5.74, 6) is -1.38. The fraction of sp³-hybridized carbons (Fsp3) is 0.750. The summed E-state index contributed by atoms with van der Waals surface area (Å²) in [5.41, 5.74) is 4.38. The molecule has 0 unspecified atom stereocenters. The number of nitrogens with two attached hydrogens (primary N) is 1. The number of carboxylic acids is 1. The van der Waals surface area contributed by atoms with Crippen LogP contribution >= 0.6 is 0 Å². The van der Waals surface area contributed by atoms with E-state index in [1.807, 2.05) is 5.32 Å². The second kappa shape index (κ2) is 6.51. The topological polar surface area (TPSA) is 113 Å². The number of amides is 3. The van der Waals surface area contributed by atoms with E-state index in [4.69, 9.17) is 10.8 Å². The molecule has 0 aliphatic heterocycles. The summed E-state index contributed by atoms with van der Waals surface area (Å²) in [6, 6.07) is -0.894. The number of carboxylic acid groups (broad SMARTS) is 1. The number of imide groups is 1. The van der Waals surface area contributed by atoms with Gasteiger partial charge in [-0.3, -0.25) is 19.8 Å². The lowest BCUT2D eigenvalue weighted by Gasteiger charge is -2.43. The van der Waals surface area contributed by atoms with Gasteiger partial charge in [0.25, 0.3) is 0 Å². The van der Waals surface area contributed by atoms with Gasteiger partial charge in [0.05, 0.1) is 13.0 Å². The van der Waals surface area contributed by atoms with Gasteiger partial charge in [-0.05, 0) is 19.9 Å². The Bertz CT molecular complexity index is 364. The summed E-state index contributed by atoms with van der Waals surface area (Å²) in [5, 5.41) is 11.1. The van der Waals surface area contributed by atoms with Gasteiger partial charge in [0.15, 0.2) is 0 Å². The second-order valence-electron chi connectivity index (χ2n) is 5.12. The van der Waals surface area contributed by atoms with E-state index in [-0.39, 0.29) is 13.0 Å². The van der Waals surface area contributed by atoms with Crippen LogP contribution < -0.4 is 11.1 Å². The molecule has 0 heterocycles. The number of likely N-dealkylation sites (N-methyl/N-ethyl adjacent to an activating group) is 1. The first kappa shape index (κ1) is 15.4. The predicted octanol–water partition coefficient (Wildman–Crippen LogP) is 0.291. The van der Waals surface area contributed by atoms with Crippen LogP contribution in [0.25, 0.3) is 0 Å². The number of nitrogens with zero attached hydrogens (tertiary/aromatic N) is 1. The van der Waals surface area contributed by atoms with Crippen LogP contribution in [0.2, 0.25) is 0 Å². The lowest BCUT2D eigenvalue weighted by atomic mass is 9.78. The standard InChI is InChI=1S/C12H21N3O4/c1-15(8-9(16)14-11(13)19)12(7-10(17)18)5-3-2-4-6-12/h2-8H2,1H3,(H,17,18)(H3,13,14,16,19). The molecule has 4 N–H and O–H groups in total. The number of hydrogen-bond donors (Lipinski definition) is 3. The Morgan fingerprint density at radius 2 is 1.84 bits per heavy atom. The normalized spacial score (nSPS) is 18.0. The van der Waals surface area contributed by atoms with E-state index in [9.17, 15) is 14.4 Å². The molecule has 108 valence electrons. The van der Waals surface area contributed by atoms with Gasteiger partial charge in [-0.1, -0.05) is 19.3 Å². The predicted molar refractivity (Wildman–Crippen MR) is 68.4 cm³/mol. The van der Waals surface area contributed by atoms with Gasteiger partial charge in [0, 0.05) is 5.54 Å². The first-order valence-corrected chi connectivity index (χ1v) is 6.38. The molecule has 1 fully saturated rings. The number of urea groups is 1. The van der Waals surface area contributed by atoms with Crippen molar-refractivity contribution < 1.29 is 19.5 Å². The number of nitrogens with one attached hydrogen (secondary N) is 1. The van der Waals surface area contributed by atoms with Crippen molar-refractivity contribution in [1.29, 1.82) is 0 Å². The van der Waals surface area contributed by atoms with Gasteiger partial charge in [0.1, 0.15) is 0 Å². The Labute approximate surface area is 112 Å². The van der Waals surface area contributed by atoms with Crippen LogP contribution in [0.3, 0.4) is 0 Å². The van der Waals surface area contributed by atoms with Crippen molar-refractivity contribution in [3.8, 4) is 0 Å². The third-order valence-electron chi connectivity index (χ3n) is 3.72. The highest BCUT2D eigenvalue weighted by Crippen LogP contribution is 2.35. The largest absolute Gasteiger partial charge is 0.481 e. The third kappa shape index (κ3) is 4.51. The number of aliphatic carboxylic acids is 1. The molecule has 1 rings (SSSR count). The van der Waals surface area contributed by atoms with Crippen LogP contribution in [-0.4, -0.2) is 47.0 Å². The lowest BCUT2D eigenvalue weighted by molar-refractivity contribution is -0.142. The van der Waals surface area contributed by atoms with Crippen molar-refractivity contribution in [2.45, 2.75) is 44.1 Å². The molecule has 0 radical (unpaired) electrons. The molecule has 0 saturated heterocycles. The summed E-state index contributed by atoms with van der Waals surface area (Å²) < 4.78 is 0. The fourth-order valence-electron chi connectivity index (χ4n) is 2.74. The van der Waals surface area contributed by atoms with Gasteiger partial charge >= 0.3 is 12.0 Å². The zero-order valence-corrected chi connectivity index (χ0v) is 11.1. The average Bonchev–Trinajstić information content (AvgIpc) is 2.27. The highest BCUT2D eigenvalue weighted by atomic mass is 16.4. The van der Waals surface area contributed by atoms with E-state index < -0.39 is 23.4 Å². The first-order valence-electron chi connectivity index (χ1n) is 6.38. The molecule has 19 heavy (non-hydrogen) atoms. The molecule has 0 bridgehead atoms. The zero-order chi connectivity index (χ0) is 14.5. The molecule has 0 aromatic heterocycles. The van der Waals surface area contributed by atoms with Gasteiger partial charge in [-0.25, -0.2) is 4.79 Å². The minimum Gasteiger partial charge on any atom is -0.481 e. The molecular weight excluding hydrogens is 250 g/mol. The quantitative estimate of drug-likeness (QED) is 0.665. The van der Waals surface area contributed by atoms with E-state index in [2.05, 4.69) is 0 Å². The lowest BCUT2D eigenvalue weighted by Crippen LogP contribution is -2.53. The summed E-state index contributed by atoms with van der Waals surface area (Å²) >= 11 is 0. The minimum absolute atomic E-state index is 0.00729. The molecule has 0 spiro atoms. The highest BCUT2D eigenvalue weighted by Gasteiger charge is 2.38. The van der Waals surface area contributed by atoms with E-state index in [0.29, 0.717) is 0 Å². The maximum Gasteiger partial charge on any atom is 0.318 e. The van der Waals surface area contributed by atoms with Crippen LogP contribution in [0.4, 0.5) is 4.79 Å². The summed E-state index contributed by atoms with van der Waals surface area (Å²) in [7, 11) is 1.72. The molecule has 1 aliphatic carbocycles. The smallest absolute Gasteiger partial charge is 0.318 e. The SMILES string of the molecule is CN(CC(=O)NC(N)=O)C1(CC(=O)O)CCCCC1. The Balaban J connectivity index is 2.71. The van der Waals surface area contributed by atoms with E-state index in [1.165, 1.54) is 0 Å². The second-order valence-corrected chi connectivity index (χ2v) is 5.12. The molecule has 0 atom stereocenters. The van der Waals surface area contributed by atoms with Crippen molar-refractivity contribution in [1.82, 2.24) is 10.2 Å². The molecule has 7 nitrogen and oxygen atoms in total. The molecule has 3 amide bonds. The number of primary amides is 1. The molecule has 0 aromatic rings. The van der Waals surface area contributed by atoms with Gasteiger partial charge in [0.2, 0.25) is 5.91 Å². The van der Waals surface area contributed by atoms with Gasteiger partial charge in [-0.2, -0.15) is 0 Å². The third-order valence-corrected chi connectivity index (χ3v) is 3.72. The maximum atomic E-state index is 11.5. The van der Waals surface area contributed by atoms with Crippen LogP contribution in [0.1, 0.15) is 38.5 Å². The Kier molecular flexibility index (Phi) is 5.29. The Morgan fingerprint density at radius 1 is 1.26 bits per heavy atom. The number of hydrogen-bond acceptors (Lipinski definition) is 4. The van der Waals surface area contributed by atoms with Gasteiger partial charge in [-0.15, -0.1) is 0 Å². The van der Waals surface area contributed by atoms with Crippen LogP contribution in [0, 0.1) is 0 Å². The van der Waals surface area contributed by atoms with Crippen molar-refractivity contribution in [2.24, 2.45) is 5.73 Å².